The molecule has 170 valence electrons. The van der Waals surface area contributed by atoms with E-state index in [2.05, 4.69) is 69.1 Å². The van der Waals surface area contributed by atoms with Crippen LogP contribution >= 0.6 is 11.6 Å². The molecular weight excluding hydrogens is 433 g/mol. The zero-order valence-corrected chi connectivity index (χ0v) is 19.5. The van der Waals surface area contributed by atoms with Gasteiger partial charge in [0.05, 0.1) is 6.20 Å². The highest BCUT2D eigenvalue weighted by molar-refractivity contribution is 6.31. The molecule has 0 spiro atoms. The van der Waals surface area contributed by atoms with Gasteiger partial charge in [0, 0.05) is 40.4 Å². The summed E-state index contributed by atoms with van der Waals surface area (Å²) in [5, 5.41) is 22.0. The lowest BCUT2D eigenvalue weighted by molar-refractivity contribution is 0.170. The van der Waals surface area contributed by atoms with Gasteiger partial charge in [0.25, 0.3) is 0 Å². The maximum Gasteiger partial charge on any atom is 0.229 e. The minimum Gasteiger partial charge on any atom is -0.365 e. The first-order chi connectivity index (χ1) is 15.0. The van der Waals surface area contributed by atoms with Gasteiger partial charge in [0.2, 0.25) is 5.95 Å². The van der Waals surface area contributed by atoms with E-state index in [-0.39, 0.29) is 28.9 Å². The Morgan fingerprint density at radius 1 is 1.16 bits per heavy atom. The Labute approximate surface area is 191 Å². The molecule has 11 heteroatoms. The van der Waals surface area contributed by atoms with Crippen LogP contribution in [0.2, 0.25) is 5.02 Å². The van der Waals surface area contributed by atoms with Gasteiger partial charge < -0.3 is 16.0 Å². The second kappa shape index (κ2) is 8.25. The van der Waals surface area contributed by atoms with Gasteiger partial charge in [-0.2, -0.15) is 4.98 Å². The van der Waals surface area contributed by atoms with Crippen molar-refractivity contribution in [2.24, 2.45) is 7.05 Å². The molecule has 9 nitrogen and oxygen atoms in total. The number of anilines is 3. The maximum atomic E-state index is 14.5. The quantitative estimate of drug-likeness (QED) is 0.527. The van der Waals surface area contributed by atoms with Gasteiger partial charge in [-0.15, -0.1) is 5.10 Å². The third-order valence-electron chi connectivity index (χ3n) is 5.31. The van der Waals surface area contributed by atoms with Crippen LogP contribution in [0.1, 0.15) is 40.5 Å². The van der Waals surface area contributed by atoms with Crippen LogP contribution in [0.3, 0.4) is 0 Å². The smallest absolute Gasteiger partial charge is 0.229 e. The summed E-state index contributed by atoms with van der Waals surface area (Å²) in [4.78, 5) is 8.47. The molecule has 1 aliphatic rings. The summed E-state index contributed by atoms with van der Waals surface area (Å²) in [7, 11) is 1.74. The van der Waals surface area contributed by atoms with Crippen molar-refractivity contribution in [3.63, 3.8) is 0 Å². The lowest BCUT2D eigenvalue weighted by Gasteiger charge is -2.46. The average molecular weight is 460 g/mol. The summed E-state index contributed by atoms with van der Waals surface area (Å²) in [6, 6.07) is 5.39. The molecule has 3 heterocycles. The Morgan fingerprint density at radius 3 is 2.53 bits per heavy atom. The number of nitrogens with one attached hydrogen (secondary N) is 3. The van der Waals surface area contributed by atoms with Crippen LogP contribution in [-0.4, -0.2) is 47.3 Å². The standard InChI is InChI=1S/C21H27ClFN9/c1-20(2)9-15(10-21(3,4)29-20)25-17-16(23)11-24-19(27-17)26-14-7-12(6-13(22)8-14)18-28-30-31-32(18)5/h6-8,11,15,29H,9-10H2,1-5H3,(H2,24,25,26,27). The molecule has 0 atom stereocenters. The number of piperidine rings is 1. The van der Waals surface area contributed by atoms with Crippen LogP contribution in [0.25, 0.3) is 11.4 Å². The predicted octanol–water partition coefficient (Wildman–Crippen LogP) is 3.92. The molecule has 0 aliphatic carbocycles. The fraction of sp³-hybridized carbons (Fsp3) is 0.476. The normalized spacial score (nSPS) is 17.8. The number of rotatable bonds is 5. The van der Waals surface area contributed by atoms with E-state index < -0.39 is 5.82 Å². The summed E-state index contributed by atoms with van der Waals surface area (Å²) in [6.45, 7) is 8.59. The summed E-state index contributed by atoms with van der Waals surface area (Å²) in [5.41, 5.74) is 1.22. The number of halogens is 2. The molecule has 3 aromatic rings. The van der Waals surface area contributed by atoms with Gasteiger partial charge in [0.1, 0.15) is 0 Å². The molecule has 1 saturated heterocycles. The average Bonchev–Trinajstić information content (AvgIpc) is 3.07. The number of nitrogens with zero attached hydrogens (tertiary/aromatic N) is 6. The van der Waals surface area contributed by atoms with Crippen molar-refractivity contribution in [2.45, 2.75) is 57.7 Å². The van der Waals surface area contributed by atoms with Crippen molar-refractivity contribution in [1.82, 2.24) is 35.5 Å². The van der Waals surface area contributed by atoms with E-state index in [1.807, 2.05) is 6.07 Å². The van der Waals surface area contributed by atoms with Crippen LogP contribution < -0.4 is 16.0 Å². The van der Waals surface area contributed by atoms with E-state index in [1.165, 1.54) is 0 Å². The number of aryl methyl sites for hydroxylation is 1. The van der Waals surface area contributed by atoms with Crippen molar-refractivity contribution < 1.29 is 4.39 Å². The Morgan fingerprint density at radius 2 is 1.88 bits per heavy atom. The van der Waals surface area contributed by atoms with Crippen molar-refractivity contribution in [3.8, 4) is 11.4 Å². The Balaban J connectivity index is 1.56. The molecule has 0 amide bonds. The zero-order valence-electron chi connectivity index (χ0n) is 18.7. The van der Waals surface area contributed by atoms with Crippen LogP contribution in [0.4, 0.5) is 21.8 Å². The van der Waals surface area contributed by atoms with Crippen LogP contribution in [0.15, 0.2) is 24.4 Å². The van der Waals surface area contributed by atoms with Crippen LogP contribution in [-0.2, 0) is 7.05 Å². The largest absolute Gasteiger partial charge is 0.365 e. The number of tetrazole rings is 1. The Bertz CT molecular complexity index is 1110. The Kier molecular flexibility index (Phi) is 5.76. The van der Waals surface area contributed by atoms with E-state index >= 15 is 0 Å². The molecule has 1 fully saturated rings. The SMILES string of the molecule is Cn1nnnc1-c1cc(Cl)cc(Nc2ncc(F)c(NC3CC(C)(C)NC(C)(C)C3)n2)c1. The fourth-order valence-corrected chi connectivity index (χ4v) is 4.78. The van der Waals surface area contributed by atoms with Crippen molar-refractivity contribution in [3.05, 3.63) is 35.2 Å². The first-order valence-electron chi connectivity index (χ1n) is 10.4. The fourth-order valence-electron chi connectivity index (χ4n) is 4.54. The van der Waals surface area contributed by atoms with Gasteiger partial charge in [-0.05, 0) is 69.2 Å². The molecule has 0 saturated carbocycles. The topological polar surface area (TPSA) is 105 Å². The molecular formula is C21H27ClFN9. The molecule has 4 rings (SSSR count). The van der Waals surface area contributed by atoms with Crippen LogP contribution in [0.5, 0.6) is 0 Å². The molecule has 32 heavy (non-hydrogen) atoms. The first kappa shape index (κ1) is 22.3. The van der Waals surface area contributed by atoms with E-state index in [0.29, 0.717) is 16.5 Å². The highest BCUT2D eigenvalue weighted by atomic mass is 35.5. The first-order valence-corrected chi connectivity index (χ1v) is 10.8. The summed E-state index contributed by atoms with van der Waals surface area (Å²) in [6.07, 6.45) is 2.84. The second-order valence-electron chi connectivity index (χ2n) is 9.51. The minimum absolute atomic E-state index is 0.0692. The van der Waals surface area contributed by atoms with Crippen molar-refractivity contribution in [2.75, 3.05) is 10.6 Å². The molecule has 1 aliphatic heterocycles. The van der Waals surface area contributed by atoms with Gasteiger partial charge in [-0.1, -0.05) is 11.6 Å². The monoisotopic (exact) mass is 459 g/mol. The number of benzene rings is 1. The van der Waals surface area contributed by atoms with Crippen molar-refractivity contribution >= 4 is 29.1 Å². The highest BCUT2D eigenvalue weighted by Crippen LogP contribution is 2.31. The summed E-state index contributed by atoms with van der Waals surface area (Å²) < 4.78 is 16.1. The molecule has 0 bridgehead atoms. The van der Waals surface area contributed by atoms with Crippen molar-refractivity contribution in [1.29, 1.82) is 0 Å². The van der Waals surface area contributed by atoms with Crippen LogP contribution in [0, 0.1) is 5.82 Å². The molecule has 0 radical (unpaired) electrons. The zero-order chi connectivity index (χ0) is 23.1. The molecule has 3 N–H and O–H groups in total. The minimum atomic E-state index is -0.498. The Hall–Kier alpha value is -2.85. The maximum absolute atomic E-state index is 14.5. The highest BCUT2D eigenvalue weighted by Gasteiger charge is 2.38. The lowest BCUT2D eigenvalue weighted by Crippen LogP contribution is -2.60. The number of hydrogen-bond acceptors (Lipinski definition) is 8. The summed E-state index contributed by atoms with van der Waals surface area (Å²) in [5.74, 6) is 0.488. The third-order valence-corrected chi connectivity index (χ3v) is 5.53. The third kappa shape index (κ3) is 5.13. The predicted molar refractivity (Wildman–Crippen MR) is 122 cm³/mol. The summed E-state index contributed by atoms with van der Waals surface area (Å²) >= 11 is 6.29. The number of hydrogen-bond donors (Lipinski definition) is 3. The lowest BCUT2D eigenvalue weighted by atomic mass is 9.79. The molecule has 0 unspecified atom stereocenters. The van der Waals surface area contributed by atoms with Gasteiger partial charge in [-0.25, -0.2) is 14.1 Å². The molecule has 2 aromatic heterocycles. The van der Waals surface area contributed by atoms with E-state index in [0.717, 1.165) is 24.6 Å². The van der Waals surface area contributed by atoms with Gasteiger partial charge >= 0.3 is 0 Å². The second-order valence-corrected chi connectivity index (χ2v) is 9.95. The molecule has 1 aromatic carbocycles. The van der Waals surface area contributed by atoms with E-state index in [1.54, 1.807) is 23.9 Å². The van der Waals surface area contributed by atoms with Gasteiger partial charge in [-0.3, -0.25) is 0 Å². The van der Waals surface area contributed by atoms with E-state index in [9.17, 15) is 4.39 Å². The number of aromatic nitrogens is 6. The van der Waals surface area contributed by atoms with E-state index in [4.69, 9.17) is 11.6 Å². The van der Waals surface area contributed by atoms with Gasteiger partial charge in [0.15, 0.2) is 17.5 Å².